The molecule has 0 spiro atoms. The van der Waals surface area contributed by atoms with Crippen molar-refractivity contribution in [2.24, 2.45) is 0 Å². The predicted octanol–water partition coefficient (Wildman–Crippen LogP) is 9.57. The molecule has 16 nitrogen and oxygen atoms in total. The highest BCUT2D eigenvalue weighted by Crippen LogP contribution is 2.31. The molecule has 64 heavy (non-hydrogen) atoms. The van der Waals surface area contributed by atoms with Crippen LogP contribution in [0.15, 0.2) is 18.2 Å². The number of carbonyl (C=O) groups excluding carboxylic acids is 2. The molecule has 372 valence electrons. The lowest BCUT2D eigenvalue weighted by Crippen LogP contribution is -2.66. The van der Waals surface area contributed by atoms with Crippen molar-refractivity contribution in [3.63, 3.8) is 0 Å². The number of aryl methyl sites for hydroxylation is 1. The minimum atomic E-state index is -5.29. The predicted molar refractivity (Wildman–Crippen MR) is 245 cm³/mol. The first kappa shape index (κ1) is 57.5. The zero-order chi connectivity index (χ0) is 47.1. The third kappa shape index (κ3) is 26.5. The quantitative estimate of drug-likeness (QED) is 0.0318. The number of ether oxygens (including phenoxy) is 5. The number of hydrogen-bond acceptors (Lipinski definition) is 13. The maximum atomic E-state index is 13.7. The molecule has 0 aromatic heterocycles. The normalized spacial score (nSPS) is 19.1. The number of methoxy groups -OCH3 is 1. The van der Waals surface area contributed by atoms with Crippen molar-refractivity contribution >= 4 is 32.7 Å². The summed E-state index contributed by atoms with van der Waals surface area (Å²) in [4.78, 5) is 27.0. The van der Waals surface area contributed by atoms with E-state index in [0.717, 1.165) is 76.2 Å². The smallest absolute Gasteiger partial charge is 0.397 e. The molecule has 5 atom stereocenters. The Kier molecular flexibility index (Phi) is 30.4. The number of nitrogens with one attached hydrogen (secondary N) is 1. The Labute approximate surface area is 384 Å². The maximum Gasteiger partial charge on any atom is 0.397 e. The lowest BCUT2D eigenvalue weighted by molar-refractivity contribution is -0.261. The topological polar surface area (TPSA) is 220 Å². The molecular formula is C46H81NO15S2. The molecule has 3 N–H and O–H groups in total. The Morgan fingerprint density at radius 3 is 1.64 bits per heavy atom. The lowest BCUT2D eigenvalue weighted by Gasteiger charge is -2.44. The van der Waals surface area contributed by atoms with Gasteiger partial charge in [-0.1, -0.05) is 155 Å². The average molecular weight is 952 g/mol. The van der Waals surface area contributed by atoms with E-state index < -0.39 is 69.9 Å². The molecule has 1 aliphatic heterocycles. The van der Waals surface area contributed by atoms with Gasteiger partial charge in [-0.25, -0.2) is 8.37 Å². The number of unbranched alkanes of at least 4 members (excludes halogenated alkanes) is 20. The fourth-order valence-electron chi connectivity index (χ4n) is 7.67. The van der Waals surface area contributed by atoms with E-state index in [0.29, 0.717) is 31.1 Å². The summed E-state index contributed by atoms with van der Waals surface area (Å²) in [7, 11) is -9.14. The van der Waals surface area contributed by atoms with Gasteiger partial charge in [0.15, 0.2) is 23.9 Å². The molecule has 0 bridgehead atoms. The van der Waals surface area contributed by atoms with E-state index in [-0.39, 0.29) is 19.3 Å². The van der Waals surface area contributed by atoms with Gasteiger partial charge >= 0.3 is 26.8 Å². The molecular weight excluding hydrogens is 871 g/mol. The molecule has 0 unspecified atom stereocenters. The second-order valence-corrected chi connectivity index (χ2v) is 19.0. The van der Waals surface area contributed by atoms with Crippen LogP contribution in [-0.4, -0.2) is 95.4 Å². The first-order valence-corrected chi connectivity index (χ1v) is 26.8. The number of hydrogen-bond donors (Lipinski definition) is 3. The van der Waals surface area contributed by atoms with Gasteiger partial charge in [-0.05, 0) is 43.4 Å². The zero-order valence-electron chi connectivity index (χ0n) is 39.1. The van der Waals surface area contributed by atoms with Gasteiger partial charge in [0.25, 0.3) is 0 Å². The monoisotopic (exact) mass is 952 g/mol. The summed E-state index contributed by atoms with van der Waals surface area (Å²) in [5, 5.41) is 2.72. The zero-order valence-corrected chi connectivity index (χ0v) is 40.8. The molecule has 18 heteroatoms. The Hall–Kier alpha value is -2.58. The van der Waals surface area contributed by atoms with Crippen LogP contribution < -0.4 is 14.8 Å². The molecule has 2 rings (SSSR count). The summed E-state index contributed by atoms with van der Waals surface area (Å²) >= 11 is 0. The van der Waals surface area contributed by atoms with Crippen LogP contribution in [0.5, 0.6) is 11.5 Å². The fraction of sp³-hybridized carbons (Fsp3) is 0.826. The van der Waals surface area contributed by atoms with Gasteiger partial charge in [-0.2, -0.15) is 16.8 Å². The summed E-state index contributed by atoms with van der Waals surface area (Å²) in [5.74, 6) is -0.100. The lowest BCUT2D eigenvalue weighted by atomic mass is 9.96. The minimum absolute atomic E-state index is 0.0561. The van der Waals surface area contributed by atoms with E-state index in [9.17, 15) is 35.5 Å². The highest BCUT2D eigenvalue weighted by molar-refractivity contribution is 7.81. The van der Waals surface area contributed by atoms with Crippen LogP contribution in [0, 0.1) is 0 Å². The number of carbonyl (C=O) groups is 2. The third-order valence-corrected chi connectivity index (χ3v) is 12.1. The van der Waals surface area contributed by atoms with E-state index >= 15 is 0 Å². The minimum Gasteiger partial charge on any atom is -0.490 e. The fourth-order valence-corrected chi connectivity index (χ4v) is 8.49. The van der Waals surface area contributed by atoms with Crippen molar-refractivity contribution in [1.29, 1.82) is 0 Å². The van der Waals surface area contributed by atoms with Crippen LogP contribution in [-0.2, 0) is 59.4 Å². The Bertz CT molecular complexity index is 1630. The van der Waals surface area contributed by atoms with Crippen LogP contribution in [0.3, 0.4) is 0 Å². The highest BCUT2D eigenvalue weighted by atomic mass is 32.3. The molecule has 1 amide bonds. The number of rotatable bonds is 39. The Morgan fingerprint density at radius 1 is 0.641 bits per heavy atom. The van der Waals surface area contributed by atoms with Crippen LogP contribution in [0.2, 0.25) is 0 Å². The molecule has 1 aromatic carbocycles. The summed E-state index contributed by atoms with van der Waals surface area (Å²) in [6.45, 7) is 6.62. The first-order valence-electron chi connectivity index (χ1n) is 24.0. The van der Waals surface area contributed by atoms with Gasteiger partial charge < -0.3 is 29.0 Å². The Morgan fingerprint density at radius 2 is 1.14 bits per heavy atom. The van der Waals surface area contributed by atoms with Crippen LogP contribution in [0.25, 0.3) is 0 Å². The van der Waals surface area contributed by atoms with Gasteiger partial charge in [0.1, 0.15) is 18.2 Å². The van der Waals surface area contributed by atoms with E-state index in [1.54, 1.807) is 0 Å². The van der Waals surface area contributed by atoms with E-state index in [1.807, 2.05) is 18.2 Å². The maximum absolute atomic E-state index is 13.7. The standard InChI is InChI=1S/C46H81NO15S2/c1-5-8-11-14-17-18-19-20-21-22-25-28-42(49)61-45-43(46(56-4)60-40(36-59-63(50,51)52)44(45)62-64(53,54)55)47-41(48)32-30-37-29-31-38(57-33-26-23-15-12-9-6-2)39(35-37)58-34-27-24-16-13-10-7-3/h29,31,35,40,43-46H,5-28,30,32-34,36H2,1-4H3,(H,47,48)(H,50,51,52)(H,53,54,55)/t40-,43-,44-,45-,46+/m1/s1. The van der Waals surface area contributed by atoms with Crippen LogP contribution in [0.1, 0.15) is 187 Å². The molecule has 1 fully saturated rings. The summed E-state index contributed by atoms with van der Waals surface area (Å²) < 4.78 is 105. The SMILES string of the molecule is CCCCCCCCCCCCCC(=O)O[C@@H]1[C@@H](NC(=O)CCc2ccc(OCCCCCCCC)c(OCCCCCCCC)c2)[C@@H](OC)O[C@H](COS(=O)(=O)O)[C@H]1OS(=O)(=O)O. The summed E-state index contributed by atoms with van der Waals surface area (Å²) in [6.07, 6.45) is 18.4. The van der Waals surface area contributed by atoms with Gasteiger partial charge in [0.05, 0.1) is 19.8 Å². The molecule has 0 saturated carbocycles. The highest BCUT2D eigenvalue weighted by Gasteiger charge is 2.52. The van der Waals surface area contributed by atoms with Gasteiger partial charge in [-0.15, -0.1) is 0 Å². The number of benzene rings is 1. The molecule has 0 aliphatic carbocycles. The van der Waals surface area contributed by atoms with Gasteiger partial charge in [-0.3, -0.25) is 18.7 Å². The molecule has 1 aromatic rings. The molecule has 0 radical (unpaired) electrons. The van der Waals surface area contributed by atoms with Crippen LogP contribution >= 0.6 is 0 Å². The van der Waals surface area contributed by atoms with E-state index in [1.165, 1.54) is 77.7 Å². The average Bonchev–Trinajstić information content (AvgIpc) is 3.24. The Balaban J connectivity index is 2.19. The van der Waals surface area contributed by atoms with E-state index in [4.69, 9.17) is 27.9 Å². The van der Waals surface area contributed by atoms with Gasteiger partial charge in [0, 0.05) is 20.0 Å². The number of esters is 1. The van der Waals surface area contributed by atoms with Crippen molar-refractivity contribution in [2.45, 2.75) is 218 Å². The van der Waals surface area contributed by atoms with Crippen molar-refractivity contribution in [3.05, 3.63) is 23.8 Å². The summed E-state index contributed by atoms with van der Waals surface area (Å²) in [5.41, 5.74) is 0.785. The second kappa shape index (κ2) is 33.8. The number of amides is 1. The molecule has 1 heterocycles. The van der Waals surface area contributed by atoms with Crippen LogP contribution in [0.4, 0.5) is 0 Å². The molecule has 1 saturated heterocycles. The van der Waals surface area contributed by atoms with Crippen molar-refractivity contribution in [2.75, 3.05) is 26.9 Å². The third-order valence-electron chi connectivity index (χ3n) is 11.2. The second-order valence-electron chi connectivity index (χ2n) is 16.8. The van der Waals surface area contributed by atoms with E-state index in [2.05, 4.69) is 30.3 Å². The van der Waals surface area contributed by atoms with Crippen molar-refractivity contribution < 1.29 is 67.6 Å². The largest absolute Gasteiger partial charge is 0.490 e. The van der Waals surface area contributed by atoms with Crippen molar-refractivity contribution in [3.8, 4) is 11.5 Å². The summed E-state index contributed by atoms with van der Waals surface area (Å²) in [6, 6.07) is 4.16. The first-order chi connectivity index (χ1) is 30.7. The molecule has 1 aliphatic rings. The van der Waals surface area contributed by atoms with Crippen molar-refractivity contribution in [1.82, 2.24) is 5.32 Å². The van der Waals surface area contributed by atoms with Gasteiger partial charge in [0.2, 0.25) is 5.91 Å².